The summed E-state index contributed by atoms with van der Waals surface area (Å²) >= 11 is 0. The number of rotatable bonds is 4. The lowest BCUT2D eigenvalue weighted by Crippen LogP contribution is -2.40. The molecule has 0 radical (unpaired) electrons. The van der Waals surface area contributed by atoms with E-state index < -0.39 is 0 Å². The van der Waals surface area contributed by atoms with Crippen molar-refractivity contribution in [1.29, 1.82) is 0 Å². The molecule has 0 saturated heterocycles. The van der Waals surface area contributed by atoms with Crippen LogP contribution in [-0.2, 0) is 0 Å². The summed E-state index contributed by atoms with van der Waals surface area (Å²) in [6.07, 6.45) is 6.52. The molecule has 0 spiro atoms. The summed E-state index contributed by atoms with van der Waals surface area (Å²) in [6, 6.07) is 8.10. The third-order valence-electron chi connectivity index (χ3n) is 4.43. The first-order valence-corrected chi connectivity index (χ1v) is 8.36. The second kappa shape index (κ2) is 6.61. The number of nitrogens with one attached hydrogen (secondary N) is 2. The molecular weight excluding hydrogens is 272 g/mol. The fraction of sp³-hybridized carbons (Fsp3) is 0.556. The maximum absolute atomic E-state index is 4.47. The first-order valence-electron chi connectivity index (χ1n) is 8.36. The number of nitrogens with zero attached hydrogens (tertiary/aromatic N) is 2. The van der Waals surface area contributed by atoms with E-state index in [0.29, 0.717) is 18.1 Å². The SMILES string of the molecule is Cc1ccc2ncnc(N[C@H]3CC[C@H](NC(C)C)CC3)c2c1. The maximum atomic E-state index is 4.47. The molecule has 0 unspecified atom stereocenters. The lowest BCUT2D eigenvalue weighted by Gasteiger charge is -2.31. The Morgan fingerprint density at radius 2 is 1.77 bits per heavy atom. The molecule has 1 aromatic carbocycles. The van der Waals surface area contributed by atoms with Crippen molar-refractivity contribution in [3.05, 3.63) is 30.1 Å². The molecule has 2 N–H and O–H groups in total. The average Bonchev–Trinajstić information content (AvgIpc) is 2.49. The van der Waals surface area contributed by atoms with Crippen molar-refractivity contribution in [2.24, 2.45) is 0 Å². The minimum Gasteiger partial charge on any atom is -0.367 e. The van der Waals surface area contributed by atoms with E-state index in [1.165, 1.54) is 31.2 Å². The summed E-state index contributed by atoms with van der Waals surface area (Å²) in [5.41, 5.74) is 2.26. The first-order chi connectivity index (χ1) is 10.6. The minimum absolute atomic E-state index is 0.517. The van der Waals surface area contributed by atoms with E-state index in [1.807, 2.05) is 0 Å². The molecule has 4 nitrogen and oxygen atoms in total. The van der Waals surface area contributed by atoms with Crippen LogP contribution in [0.1, 0.15) is 45.1 Å². The zero-order chi connectivity index (χ0) is 15.5. The van der Waals surface area contributed by atoms with Crippen molar-refractivity contribution in [2.75, 3.05) is 5.32 Å². The molecule has 1 saturated carbocycles. The largest absolute Gasteiger partial charge is 0.367 e. The monoisotopic (exact) mass is 298 g/mol. The number of hydrogen-bond acceptors (Lipinski definition) is 4. The van der Waals surface area contributed by atoms with Crippen LogP contribution in [0.2, 0.25) is 0 Å². The molecule has 1 aliphatic rings. The second-order valence-corrected chi connectivity index (χ2v) is 6.76. The van der Waals surface area contributed by atoms with Gasteiger partial charge in [-0.05, 0) is 44.7 Å². The van der Waals surface area contributed by atoms with Gasteiger partial charge in [-0.3, -0.25) is 0 Å². The quantitative estimate of drug-likeness (QED) is 0.904. The van der Waals surface area contributed by atoms with E-state index in [2.05, 4.69) is 59.6 Å². The average molecular weight is 298 g/mol. The van der Waals surface area contributed by atoms with Gasteiger partial charge in [0.05, 0.1) is 5.52 Å². The predicted octanol–water partition coefficient (Wildman–Crippen LogP) is 3.66. The van der Waals surface area contributed by atoms with Crippen LogP contribution in [0, 0.1) is 6.92 Å². The Morgan fingerprint density at radius 1 is 1.05 bits per heavy atom. The number of fused-ring (bicyclic) bond motifs is 1. The van der Waals surface area contributed by atoms with Crippen LogP contribution < -0.4 is 10.6 Å². The molecule has 22 heavy (non-hydrogen) atoms. The van der Waals surface area contributed by atoms with Crippen molar-refractivity contribution in [2.45, 2.75) is 64.6 Å². The number of hydrogen-bond donors (Lipinski definition) is 2. The van der Waals surface area contributed by atoms with E-state index in [1.54, 1.807) is 6.33 Å². The lowest BCUT2D eigenvalue weighted by molar-refractivity contribution is 0.335. The predicted molar refractivity (Wildman–Crippen MR) is 92.2 cm³/mol. The van der Waals surface area contributed by atoms with Gasteiger partial charge in [-0.25, -0.2) is 9.97 Å². The zero-order valence-corrected chi connectivity index (χ0v) is 13.8. The molecular formula is C18H26N4. The molecule has 0 bridgehead atoms. The molecule has 1 heterocycles. The molecule has 1 fully saturated rings. The maximum Gasteiger partial charge on any atom is 0.137 e. The highest BCUT2D eigenvalue weighted by molar-refractivity contribution is 5.89. The third-order valence-corrected chi connectivity index (χ3v) is 4.43. The summed E-state index contributed by atoms with van der Waals surface area (Å²) in [7, 11) is 0. The Bertz CT molecular complexity index is 630. The molecule has 118 valence electrons. The van der Waals surface area contributed by atoms with Crippen LogP contribution in [0.15, 0.2) is 24.5 Å². The van der Waals surface area contributed by atoms with Gasteiger partial charge in [-0.15, -0.1) is 0 Å². The van der Waals surface area contributed by atoms with Gasteiger partial charge in [0.2, 0.25) is 0 Å². The molecule has 3 rings (SSSR count). The van der Waals surface area contributed by atoms with E-state index in [4.69, 9.17) is 0 Å². The van der Waals surface area contributed by atoms with Crippen molar-refractivity contribution < 1.29 is 0 Å². The number of anilines is 1. The lowest BCUT2D eigenvalue weighted by atomic mass is 9.90. The Hall–Kier alpha value is -1.68. The van der Waals surface area contributed by atoms with Gasteiger partial charge in [0.25, 0.3) is 0 Å². The van der Waals surface area contributed by atoms with E-state index >= 15 is 0 Å². The smallest absolute Gasteiger partial charge is 0.137 e. The molecule has 0 aliphatic heterocycles. The minimum atomic E-state index is 0.517. The highest BCUT2D eigenvalue weighted by Crippen LogP contribution is 2.26. The Kier molecular flexibility index (Phi) is 4.57. The fourth-order valence-corrected chi connectivity index (χ4v) is 3.35. The standard InChI is InChI=1S/C18H26N4/c1-12(2)21-14-5-7-15(8-6-14)22-18-16-10-13(3)4-9-17(16)19-11-20-18/h4,9-12,14-15,21H,5-8H2,1-3H3,(H,19,20,22)/t14-,15-. The Morgan fingerprint density at radius 3 is 2.50 bits per heavy atom. The van der Waals surface area contributed by atoms with Crippen LogP contribution in [-0.4, -0.2) is 28.1 Å². The summed E-state index contributed by atoms with van der Waals surface area (Å²) in [5, 5.41) is 8.43. The summed E-state index contributed by atoms with van der Waals surface area (Å²) in [5.74, 6) is 0.981. The highest BCUT2D eigenvalue weighted by Gasteiger charge is 2.22. The van der Waals surface area contributed by atoms with Gasteiger partial charge in [-0.1, -0.05) is 25.5 Å². The molecule has 4 heteroatoms. The summed E-state index contributed by atoms with van der Waals surface area (Å²) in [6.45, 7) is 6.55. The Balaban J connectivity index is 1.68. The number of aromatic nitrogens is 2. The van der Waals surface area contributed by atoms with Gasteiger partial charge in [0.1, 0.15) is 12.1 Å². The van der Waals surface area contributed by atoms with Gasteiger partial charge >= 0.3 is 0 Å². The summed E-state index contributed by atoms with van der Waals surface area (Å²) in [4.78, 5) is 8.83. The fourth-order valence-electron chi connectivity index (χ4n) is 3.35. The van der Waals surface area contributed by atoms with E-state index in [0.717, 1.165) is 16.7 Å². The topological polar surface area (TPSA) is 49.8 Å². The molecule has 1 aliphatic carbocycles. The van der Waals surface area contributed by atoms with Crippen LogP contribution in [0.3, 0.4) is 0 Å². The normalized spacial score (nSPS) is 22.2. The number of aryl methyl sites for hydroxylation is 1. The van der Waals surface area contributed by atoms with Crippen LogP contribution >= 0.6 is 0 Å². The van der Waals surface area contributed by atoms with Crippen LogP contribution in [0.5, 0.6) is 0 Å². The van der Waals surface area contributed by atoms with Crippen molar-refractivity contribution >= 4 is 16.7 Å². The number of benzene rings is 1. The van der Waals surface area contributed by atoms with Crippen LogP contribution in [0.4, 0.5) is 5.82 Å². The van der Waals surface area contributed by atoms with E-state index in [-0.39, 0.29) is 0 Å². The highest BCUT2D eigenvalue weighted by atomic mass is 15.0. The molecule has 1 aromatic heterocycles. The van der Waals surface area contributed by atoms with Gasteiger partial charge in [-0.2, -0.15) is 0 Å². The molecule has 2 aromatic rings. The van der Waals surface area contributed by atoms with Gasteiger partial charge in [0.15, 0.2) is 0 Å². The Labute approximate surface area is 132 Å². The van der Waals surface area contributed by atoms with Crippen molar-refractivity contribution in [1.82, 2.24) is 15.3 Å². The first kappa shape index (κ1) is 15.2. The van der Waals surface area contributed by atoms with Crippen molar-refractivity contribution in [3.63, 3.8) is 0 Å². The summed E-state index contributed by atoms with van der Waals surface area (Å²) < 4.78 is 0. The second-order valence-electron chi connectivity index (χ2n) is 6.76. The molecule has 0 atom stereocenters. The van der Waals surface area contributed by atoms with Gasteiger partial charge in [0, 0.05) is 23.5 Å². The third kappa shape index (κ3) is 3.55. The van der Waals surface area contributed by atoms with Crippen molar-refractivity contribution in [3.8, 4) is 0 Å². The van der Waals surface area contributed by atoms with Crippen LogP contribution in [0.25, 0.3) is 10.9 Å². The molecule has 0 amide bonds. The van der Waals surface area contributed by atoms with Gasteiger partial charge < -0.3 is 10.6 Å². The van der Waals surface area contributed by atoms with E-state index in [9.17, 15) is 0 Å². The zero-order valence-electron chi connectivity index (χ0n) is 13.8.